The highest BCUT2D eigenvalue weighted by atomic mass is 35.5. The van der Waals surface area contributed by atoms with Gasteiger partial charge in [0.2, 0.25) is 0 Å². The molecule has 0 unspecified atom stereocenters. The summed E-state index contributed by atoms with van der Waals surface area (Å²) in [7, 11) is 1.41. The van der Waals surface area contributed by atoms with E-state index >= 15 is 0 Å². The van der Waals surface area contributed by atoms with Gasteiger partial charge >= 0.3 is 0 Å². The van der Waals surface area contributed by atoms with E-state index in [0.29, 0.717) is 17.0 Å². The summed E-state index contributed by atoms with van der Waals surface area (Å²) in [4.78, 5) is 0. The second-order valence-electron chi connectivity index (χ2n) is 3.17. The lowest BCUT2D eigenvalue weighted by atomic mass is 10.1. The molecule has 0 aliphatic rings. The van der Waals surface area contributed by atoms with Crippen LogP contribution in [0.5, 0.6) is 5.75 Å². The van der Waals surface area contributed by atoms with Gasteiger partial charge in [0.05, 0.1) is 18.7 Å². The molecular formula is C11H9ClFNO2. The van der Waals surface area contributed by atoms with Crippen LogP contribution in [0.15, 0.2) is 28.8 Å². The first-order valence-corrected chi connectivity index (χ1v) is 5.13. The molecule has 0 radical (unpaired) electrons. The number of rotatable bonds is 3. The summed E-state index contributed by atoms with van der Waals surface area (Å²) in [5, 5.41) is 3.75. The van der Waals surface area contributed by atoms with Crippen molar-refractivity contribution < 1.29 is 13.7 Å². The molecule has 0 bridgehead atoms. The molecule has 0 saturated heterocycles. The van der Waals surface area contributed by atoms with Gasteiger partial charge in [0.25, 0.3) is 0 Å². The Morgan fingerprint density at radius 3 is 2.88 bits per heavy atom. The molecule has 16 heavy (non-hydrogen) atoms. The van der Waals surface area contributed by atoms with E-state index in [-0.39, 0.29) is 11.6 Å². The van der Waals surface area contributed by atoms with Crippen molar-refractivity contribution in [2.45, 2.75) is 5.88 Å². The van der Waals surface area contributed by atoms with Crippen LogP contribution in [0, 0.1) is 5.82 Å². The molecule has 0 fully saturated rings. The standard InChI is InChI=1S/C11H9ClFNO2/c1-15-11-4-7(2-3-9(11)13)10-5-8(6-12)14-16-10/h2-5H,6H2,1H3. The van der Waals surface area contributed by atoms with Crippen molar-refractivity contribution in [1.82, 2.24) is 5.16 Å². The molecule has 0 amide bonds. The Bertz CT molecular complexity index is 498. The van der Waals surface area contributed by atoms with E-state index in [4.69, 9.17) is 20.9 Å². The number of halogens is 2. The number of aromatic nitrogens is 1. The van der Waals surface area contributed by atoms with Crippen molar-refractivity contribution >= 4 is 11.6 Å². The minimum Gasteiger partial charge on any atom is -0.494 e. The van der Waals surface area contributed by atoms with Gasteiger partial charge in [-0.05, 0) is 18.2 Å². The first-order valence-electron chi connectivity index (χ1n) is 4.60. The van der Waals surface area contributed by atoms with Crippen LogP contribution in [0.1, 0.15) is 5.69 Å². The molecule has 5 heteroatoms. The van der Waals surface area contributed by atoms with Crippen molar-refractivity contribution in [2.24, 2.45) is 0 Å². The fourth-order valence-corrected chi connectivity index (χ4v) is 1.45. The van der Waals surface area contributed by atoms with Crippen molar-refractivity contribution in [3.8, 4) is 17.1 Å². The minimum atomic E-state index is -0.414. The number of ether oxygens (including phenoxy) is 1. The van der Waals surface area contributed by atoms with E-state index in [0.717, 1.165) is 0 Å². The largest absolute Gasteiger partial charge is 0.494 e. The molecule has 0 N–H and O–H groups in total. The van der Waals surface area contributed by atoms with E-state index in [9.17, 15) is 4.39 Å². The maximum Gasteiger partial charge on any atom is 0.167 e. The Morgan fingerprint density at radius 2 is 2.25 bits per heavy atom. The monoisotopic (exact) mass is 241 g/mol. The van der Waals surface area contributed by atoms with Crippen molar-refractivity contribution in [3.05, 3.63) is 35.8 Å². The van der Waals surface area contributed by atoms with Crippen LogP contribution in [-0.4, -0.2) is 12.3 Å². The summed E-state index contributed by atoms with van der Waals surface area (Å²) in [6, 6.07) is 6.17. The van der Waals surface area contributed by atoms with Crippen LogP contribution in [0.2, 0.25) is 0 Å². The molecule has 0 aliphatic heterocycles. The number of nitrogens with zero attached hydrogens (tertiary/aromatic N) is 1. The maximum absolute atomic E-state index is 13.2. The summed E-state index contributed by atoms with van der Waals surface area (Å²) in [6.45, 7) is 0. The van der Waals surface area contributed by atoms with E-state index < -0.39 is 5.82 Å². The van der Waals surface area contributed by atoms with Crippen LogP contribution in [-0.2, 0) is 5.88 Å². The summed E-state index contributed by atoms with van der Waals surface area (Å²) in [6.07, 6.45) is 0. The van der Waals surface area contributed by atoms with Crippen LogP contribution in [0.3, 0.4) is 0 Å². The maximum atomic E-state index is 13.2. The van der Waals surface area contributed by atoms with E-state index in [1.165, 1.54) is 13.2 Å². The quantitative estimate of drug-likeness (QED) is 0.774. The number of hydrogen-bond acceptors (Lipinski definition) is 3. The SMILES string of the molecule is COc1cc(-c2cc(CCl)no2)ccc1F. The van der Waals surface area contributed by atoms with Crippen molar-refractivity contribution in [1.29, 1.82) is 0 Å². The first-order chi connectivity index (χ1) is 7.74. The van der Waals surface area contributed by atoms with Crippen LogP contribution >= 0.6 is 11.6 Å². The Labute approximate surface area is 96.8 Å². The Hall–Kier alpha value is -1.55. The topological polar surface area (TPSA) is 35.3 Å². The van der Waals surface area contributed by atoms with Gasteiger partial charge in [0.1, 0.15) is 0 Å². The number of methoxy groups -OCH3 is 1. The van der Waals surface area contributed by atoms with Gasteiger partial charge in [-0.3, -0.25) is 0 Å². The molecular weight excluding hydrogens is 233 g/mol. The zero-order chi connectivity index (χ0) is 11.5. The zero-order valence-corrected chi connectivity index (χ0v) is 9.29. The first kappa shape index (κ1) is 11.0. The normalized spacial score (nSPS) is 10.4. The van der Waals surface area contributed by atoms with Gasteiger partial charge in [-0.1, -0.05) is 5.16 Å². The van der Waals surface area contributed by atoms with E-state index in [1.807, 2.05) is 0 Å². The number of hydrogen-bond donors (Lipinski definition) is 0. The summed E-state index contributed by atoms with van der Waals surface area (Å²) >= 11 is 5.60. The average molecular weight is 242 g/mol. The molecule has 0 atom stereocenters. The predicted octanol–water partition coefficient (Wildman–Crippen LogP) is 3.23. The van der Waals surface area contributed by atoms with Gasteiger partial charge in [-0.25, -0.2) is 4.39 Å². The predicted molar refractivity (Wildman–Crippen MR) is 58.0 cm³/mol. The molecule has 0 saturated carbocycles. The molecule has 0 aliphatic carbocycles. The van der Waals surface area contributed by atoms with Crippen molar-refractivity contribution in [3.63, 3.8) is 0 Å². The molecule has 2 aromatic rings. The van der Waals surface area contributed by atoms with Gasteiger partial charge in [-0.15, -0.1) is 11.6 Å². The van der Waals surface area contributed by atoms with E-state index in [2.05, 4.69) is 5.16 Å². The molecule has 1 aromatic carbocycles. The third-order valence-electron chi connectivity index (χ3n) is 2.13. The minimum absolute atomic E-state index is 0.168. The fourth-order valence-electron chi connectivity index (χ4n) is 1.32. The van der Waals surface area contributed by atoms with Crippen LogP contribution in [0.4, 0.5) is 4.39 Å². The van der Waals surface area contributed by atoms with Gasteiger partial charge in [0, 0.05) is 11.6 Å². The number of benzene rings is 1. The highest BCUT2D eigenvalue weighted by Crippen LogP contribution is 2.27. The second-order valence-corrected chi connectivity index (χ2v) is 3.43. The average Bonchev–Trinajstić information content (AvgIpc) is 2.78. The third kappa shape index (κ3) is 2.02. The molecule has 2 rings (SSSR count). The molecule has 3 nitrogen and oxygen atoms in total. The van der Waals surface area contributed by atoms with Gasteiger partial charge in [0.15, 0.2) is 17.3 Å². The summed E-state index contributed by atoms with van der Waals surface area (Å²) < 4.78 is 23.1. The number of alkyl halides is 1. The van der Waals surface area contributed by atoms with Crippen LogP contribution in [0.25, 0.3) is 11.3 Å². The molecule has 1 heterocycles. The lowest BCUT2D eigenvalue weighted by molar-refractivity contribution is 0.386. The lowest BCUT2D eigenvalue weighted by Crippen LogP contribution is -1.88. The Kier molecular flexibility index (Phi) is 3.10. The van der Waals surface area contributed by atoms with Gasteiger partial charge < -0.3 is 9.26 Å². The Balaban J connectivity index is 2.40. The summed E-state index contributed by atoms with van der Waals surface area (Å²) in [5.74, 6) is 0.570. The zero-order valence-electron chi connectivity index (χ0n) is 8.54. The van der Waals surface area contributed by atoms with Gasteiger partial charge in [-0.2, -0.15) is 0 Å². The smallest absolute Gasteiger partial charge is 0.167 e. The van der Waals surface area contributed by atoms with Crippen LogP contribution < -0.4 is 4.74 Å². The second kappa shape index (κ2) is 4.53. The molecule has 84 valence electrons. The highest BCUT2D eigenvalue weighted by molar-refractivity contribution is 6.16. The fraction of sp³-hybridized carbons (Fsp3) is 0.182. The van der Waals surface area contributed by atoms with E-state index in [1.54, 1.807) is 18.2 Å². The molecule has 1 aromatic heterocycles. The highest BCUT2D eigenvalue weighted by Gasteiger charge is 2.09. The third-order valence-corrected chi connectivity index (χ3v) is 2.41. The summed E-state index contributed by atoms with van der Waals surface area (Å²) in [5.41, 5.74) is 1.34. The molecule has 0 spiro atoms. The lowest BCUT2D eigenvalue weighted by Gasteiger charge is -2.02. The van der Waals surface area contributed by atoms with Crippen molar-refractivity contribution in [2.75, 3.05) is 7.11 Å². The Morgan fingerprint density at radius 1 is 1.44 bits per heavy atom.